The minimum absolute atomic E-state index is 0.0514. The van der Waals surface area contributed by atoms with E-state index in [0.29, 0.717) is 18.0 Å². The molecule has 8 heteroatoms. The van der Waals surface area contributed by atoms with Crippen molar-refractivity contribution in [2.45, 2.75) is 51.7 Å². The van der Waals surface area contributed by atoms with Crippen LogP contribution in [0.2, 0.25) is 0 Å². The largest absolute Gasteiger partial charge is 0.488 e. The van der Waals surface area contributed by atoms with Crippen molar-refractivity contribution in [3.05, 3.63) is 59.8 Å². The van der Waals surface area contributed by atoms with Gasteiger partial charge in [-0.1, -0.05) is 25.1 Å². The van der Waals surface area contributed by atoms with Gasteiger partial charge < -0.3 is 29.5 Å². The van der Waals surface area contributed by atoms with Crippen LogP contribution in [0.25, 0.3) is 10.9 Å². The Hall–Kier alpha value is -3.36. The molecule has 1 aliphatic heterocycles. The number of carbonyl (C=O) groups excluding carboxylic acids is 2. The van der Waals surface area contributed by atoms with Crippen molar-refractivity contribution >= 4 is 28.4 Å². The summed E-state index contributed by atoms with van der Waals surface area (Å²) in [5.41, 5.74) is 3.44. The summed E-state index contributed by atoms with van der Waals surface area (Å²) < 4.78 is 8.66. The third-order valence-electron chi connectivity index (χ3n) is 8.29. The molecule has 1 fully saturated rings. The van der Waals surface area contributed by atoms with Gasteiger partial charge in [0.05, 0.1) is 25.5 Å². The Kier molecular flexibility index (Phi) is 8.47. The van der Waals surface area contributed by atoms with Crippen LogP contribution in [0.15, 0.2) is 48.7 Å². The van der Waals surface area contributed by atoms with Gasteiger partial charge in [0.15, 0.2) is 0 Å². The van der Waals surface area contributed by atoms with E-state index in [-0.39, 0.29) is 49.3 Å². The fraction of sp³-hybridized carbons (Fsp3) is 0.500. The molecule has 0 spiro atoms. The lowest BCUT2D eigenvalue weighted by Gasteiger charge is -2.34. The molecule has 2 aromatic carbocycles. The summed E-state index contributed by atoms with van der Waals surface area (Å²) in [6, 6.07) is 13.4. The quantitative estimate of drug-likeness (QED) is 0.426. The van der Waals surface area contributed by atoms with Crippen molar-refractivity contribution in [3.8, 4) is 5.75 Å². The molecule has 0 unspecified atom stereocenters. The summed E-state index contributed by atoms with van der Waals surface area (Å²) in [5.74, 6) is 1.36. The molecule has 0 radical (unpaired) electrons. The molecule has 2 aliphatic rings. The maximum absolute atomic E-state index is 13.5. The van der Waals surface area contributed by atoms with E-state index >= 15 is 0 Å². The van der Waals surface area contributed by atoms with Crippen molar-refractivity contribution in [1.82, 2.24) is 14.4 Å². The first-order valence-corrected chi connectivity index (χ1v) is 14.4. The van der Waals surface area contributed by atoms with Crippen molar-refractivity contribution in [1.29, 1.82) is 0 Å². The van der Waals surface area contributed by atoms with E-state index in [0.717, 1.165) is 41.0 Å². The minimum atomic E-state index is -0.287. The number of fused-ring (bicyclic) bond motifs is 2. The smallest absolute Gasteiger partial charge is 0.228 e. The molecule has 3 aromatic rings. The van der Waals surface area contributed by atoms with E-state index in [1.165, 1.54) is 12.8 Å². The number of benzene rings is 2. The monoisotopic (exact) mass is 546 g/mol. The van der Waals surface area contributed by atoms with Crippen LogP contribution in [0.5, 0.6) is 5.75 Å². The highest BCUT2D eigenvalue weighted by Crippen LogP contribution is 2.32. The average molecular weight is 547 g/mol. The summed E-state index contributed by atoms with van der Waals surface area (Å²) in [6.07, 6.45) is 4.86. The van der Waals surface area contributed by atoms with Gasteiger partial charge >= 0.3 is 0 Å². The number of carbonyl (C=O) groups is 2. The number of nitrogens with one attached hydrogen (secondary N) is 1. The van der Waals surface area contributed by atoms with E-state index in [1.54, 1.807) is 4.90 Å². The van der Waals surface area contributed by atoms with Crippen molar-refractivity contribution < 1.29 is 19.4 Å². The molecule has 214 valence electrons. The first-order valence-electron chi connectivity index (χ1n) is 14.4. The number of para-hydroxylation sites is 1. The van der Waals surface area contributed by atoms with Gasteiger partial charge in [0.25, 0.3) is 0 Å². The molecule has 1 aromatic heterocycles. The van der Waals surface area contributed by atoms with Gasteiger partial charge in [0.1, 0.15) is 11.9 Å². The Balaban J connectivity index is 1.37. The number of aliphatic hydroxyl groups is 1. The van der Waals surface area contributed by atoms with Crippen molar-refractivity contribution in [2.75, 3.05) is 38.6 Å². The predicted molar refractivity (Wildman–Crippen MR) is 157 cm³/mol. The molecule has 1 aliphatic carbocycles. The van der Waals surface area contributed by atoms with Gasteiger partial charge in [-0.2, -0.15) is 0 Å². The lowest BCUT2D eigenvalue weighted by Crippen LogP contribution is -2.47. The predicted octanol–water partition coefficient (Wildman–Crippen LogP) is 3.85. The lowest BCUT2D eigenvalue weighted by molar-refractivity contribution is -0.134. The summed E-state index contributed by atoms with van der Waals surface area (Å²) >= 11 is 0. The molecule has 1 saturated carbocycles. The number of rotatable bonds is 9. The second-order valence-electron chi connectivity index (χ2n) is 11.9. The van der Waals surface area contributed by atoms with Crippen molar-refractivity contribution in [2.24, 2.45) is 18.9 Å². The summed E-state index contributed by atoms with van der Waals surface area (Å²) in [5, 5.41) is 14.0. The molecule has 3 atom stereocenters. The van der Waals surface area contributed by atoms with Crippen LogP contribution >= 0.6 is 0 Å². The third kappa shape index (κ3) is 6.50. The number of ether oxygens (including phenoxy) is 1. The highest BCUT2D eigenvalue weighted by atomic mass is 16.5. The number of hydrogen-bond donors (Lipinski definition) is 2. The second kappa shape index (κ2) is 12.0. The maximum Gasteiger partial charge on any atom is 0.228 e. The van der Waals surface area contributed by atoms with E-state index in [9.17, 15) is 14.7 Å². The van der Waals surface area contributed by atoms with E-state index in [4.69, 9.17) is 4.74 Å². The average Bonchev–Trinajstić information content (AvgIpc) is 3.68. The lowest BCUT2D eigenvalue weighted by atomic mass is 10.0. The Bertz CT molecular complexity index is 1360. The van der Waals surface area contributed by atoms with Gasteiger partial charge in [0.2, 0.25) is 11.8 Å². The molecule has 0 saturated heterocycles. The number of anilines is 1. The summed E-state index contributed by atoms with van der Waals surface area (Å²) in [4.78, 5) is 30.7. The van der Waals surface area contributed by atoms with Crippen LogP contribution < -0.4 is 10.1 Å². The minimum Gasteiger partial charge on any atom is -0.488 e. The van der Waals surface area contributed by atoms with Gasteiger partial charge in [-0.25, -0.2) is 0 Å². The van der Waals surface area contributed by atoms with Crippen LogP contribution in [-0.2, 0) is 29.5 Å². The van der Waals surface area contributed by atoms with Gasteiger partial charge in [0, 0.05) is 61.0 Å². The Morgan fingerprint density at radius 2 is 1.98 bits per heavy atom. The summed E-state index contributed by atoms with van der Waals surface area (Å²) in [7, 11) is 4.12. The van der Waals surface area contributed by atoms with Crippen molar-refractivity contribution in [3.63, 3.8) is 0 Å². The number of nitrogens with zero attached hydrogens (tertiary/aromatic N) is 3. The topological polar surface area (TPSA) is 87.0 Å². The zero-order valence-corrected chi connectivity index (χ0v) is 24.1. The number of aliphatic hydroxyl groups excluding tert-OH is 1. The Morgan fingerprint density at radius 1 is 1.20 bits per heavy atom. The van der Waals surface area contributed by atoms with Crippen LogP contribution in [0, 0.1) is 11.8 Å². The van der Waals surface area contributed by atoms with E-state index in [2.05, 4.69) is 24.2 Å². The number of aryl methyl sites for hydroxylation is 1. The highest BCUT2D eigenvalue weighted by Gasteiger charge is 2.32. The fourth-order valence-electron chi connectivity index (χ4n) is 5.79. The zero-order chi connectivity index (χ0) is 28.4. The first kappa shape index (κ1) is 28.2. The van der Waals surface area contributed by atoms with Gasteiger partial charge in [-0.15, -0.1) is 0 Å². The van der Waals surface area contributed by atoms with E-state index in [1.807, 2.05) is 67.2 Å². The molecule has 2 heterocycles. The third-order valence-corrected chi connectivity index (χ3v) is 8.29. The first-order chi connectivity index (χ1) is 19.2. The van der Waals surface area contributed by atoms with Crippen LogP contribution in [0.3, 0.4) is 0 Å². The zero-order valence-electron chi connectivity index (χ0n) is 24.1. The molecule has 8 nitrogen and oxygen atoms in total. The number of hydrogen-bond acceptors (Lipinski definition) is 5. The molecule has 2 amide bonds. The number of likely N-dealkylation sites (N-methyl/N-ethyl adjacent to an activating group) is 1. The fourth-order valence-corrected chi connectivity index (χ4v) is 5.79. The number of amides is 2. The standard InChI is InChI=1S/C32H42N4O4/c1-21-16-36(22(2)20-37)32(39)15-24-13-26(11-12-29(24)40-30(21)19-34(3)17-23-9-10-23)33-31(38)14-25-18-35(4)28-8-6-5-7-27(25)28/h5-8,11-13,18,21-23,30,37H,9-10,14-17,19-20H2,1-4H3,(H,33,38)/t21-,22+,30-/m0/s1. The van der Waals surface area contributed by atoms with Gasteiger partial charge in [-0.05, 0) is 62.6 Å². The Labute approximate surface area is 236 Å². The SMILES string of the molecule is C[C@H](CO)N1C[C@H](C)[C@H](CN(C)CC2CC2)Oc2ccc(NC(=O)Cc3cn(C)c4ccccc34)cc2CC1=O. The number of aromatic nitrogens is 1. The second-order valence-corrected chi connectivity index (χ2v) is 11.9. The van der Waals surface area contributed by atoms with Crippen LogP contribution in [0.4, 0.5) is 5.69 Å². The highest BCUT2D eigenvalue weighted by molar-refractivity contribution is 5.96. The van der Waals surface area contributed by atoms with Gasteiger partial charge in [-0.3, -0.25) is 9.59 Å². The molecule has 0 bridgehead atoms. The molecular formula is C32H42N4O4. The summed E-state index contributed by atoms with van der Waals surface area (Å²) in [6.45, 7) is 6.23. The maximum atomic E-state index is 13.5. The molecule has 2 N–H and O–H groups in total. The van der Waals surface area contributed by atoms with Crippen LogP contribution in [-0.4, -0.2) is 76.7 Å². The van der Waals surface area contributed by atoms with E-state index < -0.39 is 0 Å². The normalized spacial score (nSPS) is 20.4. The molecule has 5 rings (SSSR count). The van der Waals surface area contributed by atoms with Crippen LogP contribution in [0.1, 0.15) is 37.8 Å². The molecule has 40 heavy (non-hydrogen) atoms. The molecular weight excluding hydrogens is 504 g/mol. The Morgan fingerprint density at radius 3 is 2.73 bits per heavy atom.